The van der Waals surface area contributed by atoms with Crippen LogP contribution in [0.2, 0.25) is 0 Å². The van der Waals surface area contributed by atoms with E-state index >= 15 is 0 Å². The molecule has 0 heterocycles. The van der Waals surface area contributed by atoms with Crippen LogP contribution in [0, 0.1) is 5.41 Å². The molecular weight excluding hydrogens is 210 g/mol. The van der Waals surface area contributed by atoms with E-state index in [1.54, 1.807) is 0 Å². The van der Waals surface area contributed by atoms with Crippen molar-refractivity contribution in [2.75, 3.05) is 6.54 Å². The Kier molecular flexibility index (Phi) is 2.86. The summed E-state index contributed by atoms with van der Waals surface area (Å²) in [6.45, 7) is 6.55. The second-order valence-electron chi connectivity index (χ2n) is 6.14. The fourth-order valence-electron chi connectivity index (χ4n) is 2.18. The summed E-state index contributed by atoms with van der Waals surface area (Å²) in [6, 6.07) is 8.01. The van der Waals surface area contributed by atoms with Crippen LogP contribution in [0.25, 0.3) is 0 Å². The molecule has 1 saturated carbocycles. The molecule has 0 saturated heterocycles. The van der Waals surface area contributed by atoms with Crippen LogP contribution in [0.15, 0.2) is 24.3 Å². The molecular formula is C15H21NO. The first-order valence-electron chi connectivity index (χ1n) is 6.24. The van der Waals surface area contributed by atoms with Gasteiger partial charge < -0.3 is 5.73 Å². The summed E-state index contributed by atoms with van der Waals surface area (Å²) in [6.07, 6.45) is 2.30. The normalized spacial score (nSPS) is 17.9. The van der Waals surface area contributed by atoms with Crippen LogP contribution in [0.4, 0.5) is 0 Å². The SMILES string of the molecule is CC(C)(C)C(=O)c1cccc(C2(CN)CC2)c1. The maximum absolute atomic E-state index is 12.2. The molecule has 0 aromatic heterocycles. The third-order valence-corrected chi connectivity index (χ3v) is 3.66. The van der Waals surface area contributed by atoms with Gasteiger partial charge in [0.2, 0.25) is 0 Å². The van der Waals surface area contributed by atoms with Gasteiger partial charge in [0.25, 0.3) is 0 Å². The van der Waals surface area contributed by atoms with Gasteiger partial charge in [0, 0.05) is 22.9 Å². The Morgan fingerprint density at radius 2 is 2.00 bits per heavy atom. The van der Waals surface area contributed by atoms with E-state index in [1.807, 2.05) is 39.0 Å². The molecule has 0 bridgehead atoms. The lowest BCUT2D eigenvalue weighted by Crippen LogP contribution is -2.22. The molecule has 2 N–H and O–H groups in total. The van der Waals surface area contributed by atoms with E-state index in [0.717, 1.165) is 18.4 Å². The van der Waals surface area contributed by atoms with Gasteiger partial charge in [-0.25, -0.2) is 0 Å². The maximum atomic E-state index is 12.2. The lowest BCUT2D eigenvalue weighted by molar-refractivity contribution is 0.0858. The molecule has 0 spiro atoms. The predicted octanol–water partition coefficient (Wildman–Crippen LogP) is 2.91. The zero-order chi connectivity index (χ0) is 12.7. The molecule has 1 aromatic rings. The highest BCUT2D eigenvalue weighted by Crippen LogP contribution is 2.47. The lowest BCUT2D eigenvalue weighted by atomic mass is 9.84. The third kappa shape index (κ3) is 2.27. The van der Waals surface area contributed by atoms with Crippen molar-refractivity contribution in [3.63, 3.8) is 0 Å². The number of Topliss-reactive ketones (excluding diaryl/α,β-unsaturated/α-hetero) is 1. The van der Waals surface area contributed by atoms with Crippen molar-refractivity contribution in [2.45, 2.75) is 39.0 Å². The molecule has 0 atom stereocenters. The van der Waals surface area contributed by atoms with E-state index in [0.29, 0.717) is 6.54 Å². The molecule has 2 rings (SSSR count). The van der Waals surface area contributed by atoms with E-state index < -0.39 is 0 Å². The first-order valence-corrected chi connectivity index (χ1v) is 6.24. The van der Waals surface area contributed by atoms with Gasteiger partial charge in [-0.15, -0.1) is 0 Å². The molecule has 92 valence electrons. The second-order valence-corrected chi connectivity index (χ2v) is 6.14. The molecule has 1 aliphatic carbocycles. The smallest absolute Gasteiger partial charge is 0.168 e. The van der Waals surface area contributed by atoms with Crippen molar-refractivity contribution in [2.24, 2.45) is 11.1 Å². The van der Waals surface area contributed by atoms with Crippen molar-refractivity contribution in [3.8, 4) is 0 Å². The summed E-state index contributed by atoms with van der Waals surface area (Å²) in [5.74, 6) is 0.201. The Hall–Kier alpha value is -1.15. The van der Waals surface area contributed by atoms with Gasteiger partial charge in [0.15, 0.2) is 5.78 Å². The summed E-state index contributed by atoms with van der Waals surface area (Å²) in [5, 5.41) is 0. The highest BCUT2D eigenvalue weighted by Gasteiger charge is 2.43. The largest absolute Gasteiger partial charge is 0.330 e. The quantitative estimate of drug-likeness (QED) is 0.813. The van der Waals surface area contributed by atoms with Gasteiger partial charge in [0.1, 0.15) is 0 Å². The van der Waals surface area contributed by atoms with Gasteiger partial charge >= 0.3 is 0 Å². The fraction of sp³-hybridized carbons (Fsp3) is 0.533. The number of hydrogen-bond donors (Lipinski definition) is 1. The van der Waals surface area contributed by atoms with Crippen LogP contribution >= 0.6 is 0 Å². The van der Waals surface area contributed by atoms with E-state index in [4.69, 9.17) is 5.73 Å². The average molecular weight is 231 g/mol. The predicted molar refractivity (Wildman–Crippen MR) is 70.2 cm³/mol. The van der Waals surface area contributed by atoms with Crippen LogP contribution in [-0.4, -0.2) is 12.3 Å². The van der Waals surface area contributed by atoms with E-state index in [1.165, 1.54) is 5.56 Å². The fourth-order valence-corrected chi connectivity index (χ4v) is 2.18. The number of carbonyl (C=O) groups is 1. The van der Waals surface area contributed by atoms with Gasteiger partial charge in [-0.1, -0.05) is 39.0 Å². The van der Waals surface area contributed by atoms with Crippen LogP contribution < -0.4 is 5.73 Å². The van der Waals surface area contributed by atoms with Crippen molar-refractivity contribution >= 4 is 5.78 Å². The molecule has 0 amide bonds. The monoisotopic (exact) mass is 231 g/mol. The number of benzene rings is 1. The summed E-state index contributed by atoms with van der Waals surface area (Å²) in [5.41, 5.74) is 7.71. The highest BCUT2D eigenvalue weighted by atomic mass is 16.1. The first-order chi connectivity index (χ1) is 7.89. The minimum atomic E-state index is -0.321. The third-order valence-electron chi connectivity index (χ3n) is 3.66. The summed E-state index contributed by atoms with van der Waals surface area (Å²) in [4.78, 5) is 12.2. The van der Waals surface area contributed by atoms with E-state index in [-0.39, 0.29) is 16.6 Å². The first kappa shape index (κ1) is 12.3. The molecule has 0 aliphatic heterocycles. The summed E-state index contributed by atoms with van der Waals surface area (Å²) < 4.78 is 0. The zero-order valence-electron chi connectivity index (χ0n) is 10.9. The molecule has 0 unspecified atom stereocenters. The molecule has 1 aromatic carbocycles. The minimum absolute atomic E-state index is 0.161. The second kappa shape index (κ2) is 3.95. The zero-order valence-corrected chi connectivity index (χ0v) is 10.9. The highest BCUT2D eigenvalue weighted by molar-refractivity contribution is 5.99. The van der Waals surface area contributed by atoms with E-state index in [9.17, 15) is 4.79 Å². The van der Waals surface area contributed by atoms with Crippen LogP contribution in [0.3, 0.4) is 0 Å². The summed E-state index contributed by atoms with van der Waals surface area (Å²) >= 11 is 0. The Labute approximate surface area is 103 Å². The van der Waals surface area contributed by atoms with Crippen molar-refractivity contribution in [3.05, 3.63) is 35.4 Å². The van der Waals surface area contributed by atoms with Crippen molar-refractivity contribution in [1.82, 2.24) is 0 Å². The number of rotatable bonds is 3. The van der Waals surface area contributed by atoms with Crippen LogP contribution in [0.5, 0.6) is 0 Å². The van der Waals surface area contributed by atoms with E-state index in [2.05, 4.69) is 6.07 Å². The van der Waals surface area contributed by atoms with Gasteiger partial charge in [0.05, 0.1) is 0 Å². The van der Waals surface area contributed by atoms with Crippen LogP contribution in [-0.2, 0) is 5.41 Å². The number of ketones is 1. The number of hydrogen-bond acceptors (Lipinski definition) is 2. The molecule has 17 heavy (non-hydrogen) atoms. The van der Waals surface area contributed by atoms with Gasteiger partial charge in [-0.05, 0) is 24.5 Å². The summed E-state index contributed by atoms with van der Waals surface area (Å²) in [7, 11) is 0. The maximum Gasteiger partial charge on any atom is 0.168 e. The topological polar surface area (TPSA) is 43.1 Å². The lowest BCUT2D eigenvalue weighted by Gasteiger charge is -2.19. The molecule has 1 fully saturated rings. The molecule has 1 aliphatic rings. The Morgan fingerprint density at radius 3 is 2.47 bits per heavy atom. The van der Waals surface area contributed by atoms with Crippen LogP contribution in [0.1, 0.15) is 49.5 Å². The molecule has 2 heteroatoms. The Balaban J connectivity index is 2.33. The molecule has 2 nitrogen and oxygen atoms in total. The Bertz CT molecular complexity index is 438. The molecule has 0 radical (unpaired) electrons. The average Bonchev–Trinajstić information content (AvgIpc) is 3.08. The number of nitrogens with two attached hydrogens (primary N) is 1. The Morgan fingerprint density at radius 1 is 1.35 bits per heavy atom. The standard InChI is InChI=1S/C15H21NO/c1-14(2,3)13(17)11-5-4-6-12(9-11)15(10-16)7-8-15/h4-6,9H,7-8,10,16H2,1-3H3. The number of carbonyl (C=O) groups excluding carboxylic acids is 1. The van der Waals surface area contributed by atoms with Crippen molar-refractivity contribution in [1.29, 1.82) is 0 Å². The van der Waals surface area contributed by atoms with Gasteiger partial charge in [-0.3, -0.25) is 4.79 Å². The van der Waals surface area contributed by atoms with Gasteiger partial charge in [-0.2, -0.15) is 0 Å². The minimum Gasteiger partial charge on any atom is -0.330 e. The van der Waals surface area contributed by atoms with Crippen molar-refractivity contribution < 1.29 is 4.79 Å².